The van der Waals surface area contributed by atoms with Crippen molar-refractivity contribution in [3.8, 4) is 0 Å². The van der Waals surface area contributed by atoms with Gasteiger partial charge in [0.15, 0.2) is 6.10 Å². The Bertz CT molecular complexity index is 350. The fourth-order valence-electron chi connectivity index (χ4n) is 1.36. The van der Waals surface area contributed by atoms with Crippen molar-refractivity contribution < 1.29 is 13.9 Å². The third-order valence-electron chi connectivity index (χ3n) is 2.19. The number of carbonyl (C=O) groups excluding carboxylic acids is 1. The molecule has 1 fully saturated rings. The molecule has 1 aliphatic rings. The largest absolute Gasteiger partial charge is 0.357 e. The minimum absolute atomic E-state index is 0.140. The second-order valence-corrected chi connectivity index (χ2v) is 3.14. The quantitative estimate of drug-likeness (QED) is 0.715. The number of halogens is 1. The van der Waals surface area contributed by atoms with Crippen LogP contribution >= 0.6 is 0 Å². The summed E-state index contributed by atoms with van der Waals surface area (Å²) in [5.74, 6) is -0.426. The van der Waals surface area contributed by atoms with E-state index in [1.807, 2.05) is 0 Å². The van der Waals surface area contributed by atoms with Crippen molar-refractivity contribution in [2.24, 2.45) is 0 Å². The van der Waals surface area contributed by atoms with Crippen molar-refractivity contribution >= 4 is 5.91 Å². The molecule has 1 N–H and O–H groups in total. The van der Waals surface area contributed by atoms with Gasteiger partial charge in [0, 0.05) is 7.05 Å². The molecular weight excluding hydrogens is 185 g/mol. The van der Waals surface area contributed by atoms with Crippen LogP contribution in [-0.2, 0) is 9.53 Å². The summed E-state index contributed by atoms with van der Waals surface area (Å²) in [5, 5.41) is 2.50. The van der Waals surface area contributed by atoms with E-state index in [4.69, 9.17) is 4.74 Å². The van der Waals surface area contributed by atoms with Crippen molar-refractivity contribution in [2.45, 2.75) is 12.2 Å². The van der Waals surface area contributed by atoms with Crippen LogP contribution in [0.2, 0.25) is 0 Å². The molecule has 0 bridgehead atoms. The summed E-state index contributed by atoms with van der Waals surface area (Å²) in [4.78, 5) is 11.1. The Kier molecular flexibility index (Phi) is 2.21. The van der Waals surface area contributed by atoms with Crippen LogP contribution in [0.4, 0.5) is 4.39 Å². The maximum atomic E-state index is 12.6. The predicted molar refractivity (Wildman–Crippen MR) is 48.1 cm³/mol. The Morgan fingerprint density at radius 2 is 2.07 bits per heavy atom. The van der Waals surface area contributed by atoms with Gasteiger partial charge >= 0.3 is 0 Å². The molecule has 1 aromatic rings. The van der Waals surface area contributed by atoms with Crippen molar-refractivity contribution in [2.75, 3.05) is 7.05 Å². The lowest BCUT2D eigenvalue weighted by atomic mass is 10.1. The van der Waals surface area contributed by atoms with Crippen LogP contribution in [0.3, 0.4) is 0 Å². The molecule has 0 unspecified atom stereocenters. The van der Waals surface area contributed by atoms with Gasteiger partial charge in [-0.1, -0.05) is 12.1 Å². The Morgan fingerprint density at radius 1 is 1.43 bits per heavy atom. The molecule has 1 heterocycles. The second kappa shape index (κ2) is 3.38. The fourth-order valence-corrected chi connectivity index (χ4v) is 1.36. The summed E-state index contributed by atoms with van der Waals surface area (Å²) in [7, 11) is 1.56. The Hall–Kier alpha value is -1.42. The number of amides is 1. The molecular formula is C10H10FNO2. The molecule has 2 atom stereocenters. The van der Waals surface area contributed by atoms with E-state index in [-0.39, 0.29) is 17.8 Å². The smallest absolute Gasteiger partial charge is 0.252 e. The summed E-state index contributed by atoms with van der Waals surface area (Å²) in [6.07, 6.45) is -0.624. The van der Waals surface area contributed by atoms with Gasteiger partial charge in [0.1, 0.15) is 11.9 Å². The molecule has 0 radical (unpaired) electrons. The summed E-state index contributed by atoms with van der Waals surface area (Å²) in [6, 6.07) is 5.97. The Labute approximate surface area is 80.9 Å². The average Bonchev–Trinajstić information content (AvgIpc) is 2.98. The number of hydrogen-bond acceptors (Lipinski definition) is 2. The second-order valence-electron chi connectivity index (χ2n) is 3.14. The van der Waals surface area contributed by atoms with Crippen molar-refractivity contribution in [3.63, 3.8) is 0 Å². The lowest BCUT2D eigenvalue weighted by Crippen LogP contribution is -2.23. The topological polar surface area (TPSA) is 41.6 Å². The minimum Gasteiger partial charge on any atom is -0.357 e. The highest BCUT2D eigenvalue weighted by atomic mass is 19.1. The van der Waals surface area contributed by atoms with E-state index in [2.05, 4.69) is 5.32 Å². The maximum Gasteiger partial charge on any atom is 0.252 e. The molecule has 74 valence electrons. The highest BCUT2D eigenvalue weighted by Gasteiger charge is 2.45. The van der Waals surface area contributed by atoms with Gasteiger partial charge < -0.3 is 10.1 Å². The van der Waals surface area contributed by atoms with E-state index in [1.165, 1.54) is 12.1 Å². The van der Waals surface area contributed by atoms with Crippen molar-refractivity contribution in [1.29, 1.82) is 0 Å². The van der Waals surface area contributed by atoms with Gasteiger partial charge in [-0.25, -0.2) is 4.39 Å². The number of rotatable bonds is 2. The molecule has 1 amide bonds. The van der Waals surface area contributed by atoms with Crippen LogP contribution in [-0.4, -0.2) is 19.1 Å². The number of ether oxygens (including phenoxy) is 1. The average molecular weight is 195 g/mol. The number of benzene rings is 1. The van der Waals surface area contributed by atoms with E-state index < -0.39 is 6.10 Å². The van der Waals surface area contributed by atoms with Crippen molar-refractivity contribution in [3.05, 3.63) is 35.6 Å². The van der Waals surface area contributed by atoms with E-state index in [1.54, 1.807) is 19.2 Å². The van der Waals surface area contributed by atoms with Gasteiger partial charge in [-0.3, -0.25) is 4.79 Å². The Balaban J connectivity index is 2.06. The fraction of sp³-hybridized carbons (Fsp3) is 0.300. The van der Waals surface area contributed by atoms with Gasteiger partial charge in [-0.2, -0.15) is 0 Å². The minimum atomic E-state index is -0.412. The van der Waals surface area contributed by atoms with Crippen LogP contribution in [0.25, 0.3) is 0 Å². The van der Waals surface area contributed by atoms with Crippen LogP contribution in [0.15, 0.2) is 24.3 Å². The molecule has 0 saturated carbocycles. The first kappa shape index (κ1) is 9.15. The number of nitrogens with one attached hydrogen (secondary N) is 1. The zero-order valence-corrected chi connectivity index (χ0v) is 7.66. The van der Waals surface area contributed by atoms with Crippen LogP contribution in [0.1, 0.15) is 11.7 Å². The molecule has 14 heavy (non-hydrogen) atoms. The van der Waals surface area contributed by atoms with E-state index in [0.29, 0.717) is 0 Å². The summed E-state index contributed by atoms with van der Waals surface area (Å²) < 4.78 is 17.7. The lowest BCUT2D eigenvalue weighted by Gasteiger charge is -1.95. The summed E-state index contributed by atoms with van der Waals surface area (Å²) in [5.41, 5.74) is 0.833. The number of likely N-dealkylation sites (N-methyl/N-ethyl adjacent to an activating group) is 1. The molecule has 0 spiro atoms. The SMILES string of the molecule is CNC(=O)[C@@H]1O[C@@H]1c1ccc(F)cc1. The molecule has 3 nitrogen and oxygen atoms in total. The summed E-state index contributed by atoms with van der Waals surface area (Å²) in [6.45, 7) is 0. The third kappa shape index (κ3) is 1.61. The normalized spacial score (nSPS) is 24.4. The molecule has 2 rings (SSSR count). The van der Waals surface area contributed by atoms with Gasteiger partial charge in [0.2, 0.25) is 0 Å². The Morgan fingerprint density at radius 3 is 2.64 bits per heavy atom. The monoisotopic (exact) mass is 195 g/mol. The molecule has 1 aromatic carbocycles. The first-order chi connectivity index (χ1) is 6.72. The molecule has 0 aliphatic carbocycles. The highest BCUT2D eigenvalue weighted by molar-refractivity contribution is 5.83. The van der Waals surface area contributed by atoms with E-state index in [0.717, 1.165) is 5.56 Å². The summed E-state index contributed by atoms with van der Waals surface area (Å²) >= 11 is 0. The van der Waals surface area contributed by atoms with Crippen LogP contribution < -0.4 is 5.32 Å². The van der Waals surface area contributed by atoms with Gasteiger partial charge in [-0.05, 0) is 17.7 Å². The number of carbonyl (C=O) groups is 1. The van der Waals surface area contributed by atoms with Crippen LogP contribution in [0.5, 0.6) is 0 Å². The zero-order chi connectivity index (χ0) is 10.1. The molecule has 1 saturated heterocycles. The number of epoxide rings is 1. The maximum absolute atomic E-state index is 12.6. The molecule has 0 aromatic heterocycles. The predicted octanol–water partition coefficient (Wildman–Crippen LogP) is 1.01. The standard InChI is InChI=1S/C10H10FNO2/c1-12-10(13)9-8(14-9)6-2-4-7(11)5-3-6/h2-5,8-9H,1H3,(H,12,13)/t8-,9-/m1/s1. The number of hydrogen-bond donors (Lipinski definition) is 1. The highest BCUT2D eigenvalue weighted by Crippen LogP contribution is 2.38. The lowest BCUT2D eigenvalue weighted by molar-refractivity contribution is -0.121. The first-order valence-electron chi connectivity index (χ1n) is 4.35. The van der Waals surface area contributed by atoms with Gasteiger partial charge in [0.05, 0.1) is 0 Å². The molecule has 4 heteroatoms. The molecule has 1 aliphatic heterocycles. The van der Waals surface area contributed by atoms with Gasteiger partial charge in [0.25, 0.3) is 5.91 Å². The van der Waals surface area contributed by atoms with E-state index in [9.17, 15) is 9.18 Å². The van der Waals surface area contributed by atoms with Crippen molar-refractivity contribution in [1.82, 2.24) is 5.32 Å². The van der Waals surface area contributed by atoms with Crippen LogP contribution in [0, 0.1) is 5.82 Å². The third-order valence-corrected chi connectivity index (χ3v) is 2.19. The van der Waals surface area contributed by atoms with Gasteiger partial charge in [-0.15, -0.1) is 0 Å². The first-order valence-corrected chi connectivity index (χ1v) is 4.35. The zero-order valence-electron chi connectivity index (χ0n) is 7.66. The van der Waals surface area contributed by atoms with E-state index >= 15 is 0 Å².